The van der Waals surface area contributed by atoms with Crippen LogP contribution in [0.2, 0.25) is 0 Å². The van der Waals surface area contributed by atoms with Gasteiger partial charge in [-0.15, -0.1) is 0 Å². The number of hydrogen-bond donors (Lipinski definition) is 4. The molecule has 3 aromatic carbocycles. The molecule has 1 saturated heterocycles. The van der Waals surface area contributed by atoms with Crippen LogP contribution in [0.3, 0.4) is 0 Å². The van der Waals surface area contributed by atoms with Crippen LogP contribution < -0.4 is 21.5 Å². The van der Waals surface area contributed by atoms with E-state index < -0.39 is 12.1 Å². The second-order valence-corrected chi connectivity index (χ2v) is 11.5. The summed E-state index contributed by atoms with van der Waals surface area (Å²) < 4.78 is 11.0. The van der Waals surface area contributed by atoms with Crippen molar-refractivity contribution in [1.82, 2.24) is 20.2 Å². The van der Waals surface area contributed by atoms with Crippen molar-refractivity contribution in [2.45, 2.75) is 58.3 Å². The van der Waals surface area contributed by atoms with Gasteiger partial charge in [0.15, 0.2) is 0 Å². The molecule has 0 radical (unpaired) electrons. The highest BCUT2D eigenvalue weighted by Crippen LogP contribution is 2.43. The quantitative estimate of drug-likeness (QED) is 0.267. The number of rotatable bonds is 5. The highest BCUT2D eigenvalue weighted by Gasteiger charge is 2.41. The number of H-pyrrole nitrogens is 1. The summed E-state index contributed by atoms with van der Waals surface area (Å²) >= 11 is 0. The summed E-state index contributed by atoms with van der Waals surface area (Å²) in [5.74, 6) is 1.28. The van der Waals surface area contributed by atoms with Crippen molar-refractivity contribution in [3.05, 3.63) is 65.6 Å². The highest BCUT2D eigenvalue weighted by atomic mass is 16.5. The summed E-state index contributed by atoms with van der Waals surface area (Å²) in [4.78, 5) is 36.2. The molecule has 0 unspecified atom stereocenters. The van der Waals surface area contributed by atoms with Crippen LogP contribution in [0.15, 0.2) is 48.7 Å². The van der Waals surface area contributed by atoms with Gasteiger partial charge in [-0.25, -0.2) is 9.78 Å². The van der Waals surface area contributed by atoms with Crippen molar-refractivity contribution in [1.29, 1.82) is 0 Å². The number of ether oxygens (including phenoxy) is 2. The number of imidazole rings is 1. The van der Waals surface area contributed by atoms with Crippen LogP contribution in [0.25, 0.3) is 38.6 Å². The molecule has 4 aromatic rings. The zero-order chi connectivity index (χ0) is 29.7. The third-order valence-electron chi connectivity index (χ3n) is 8.51. The van der Waals surface area contributed by atoms with Crippen LogP contribution >= 0.6 is 0 Å². The number of likely N-dealkylation sites (tertiary alicyclic amines) is 1. The average Bonchev–Trinajstić information content (AvgIpc) is 3.61. The van der Waals surface area contributed by atoms with Gasteiger partial charge in [0.1, 0.15) is 24.2 Å². The number of carbonyl (C=O) groups is 2. The molecule has 2 aliphatic rings. The molecule has 2 amide bonds. The normalized spacial score (nSPS) is 19.0. The number of nitrogens with zero attached hydrogens (tertiary/aromatic N) is 2. The summed E-state index contributed by atoms with van der Waals surface area (Å²) in [5.41, 5.74) is 17.9. The van der Waals surface area contributed by atoms with Crippen molar-refractivity contribution in [2.24, 2.45) is 17.4 Å². The monoisotopic (exact) mass is 568 g/mol. The van der Waals surface area contributed by atoms with Gasteiger partial charge in [-0.1, -0.05) is 32.0 Å². The molecule has 10 nitrogen and oxygen atoms in total. The Kier molecular flexibility index (Phi) is 6.92. The maximum absolute atomic E-state index is 13.8. The molecule has 3 heterocycles. The van der Waals surface area contributed by atoms with E-state index in [4.69, 9.17) is 25.9 Å². The molecule has 10 heteroatoms. The van der Waals surface area contributed by atoms with E-state index in [1.807, 2.05) is 43.9 Å². The van der Waals surface area contributed by atoms with E-state index in [9.17, 15) is 9.59 Å². The third kappa shape index (κ3) is 4.56. The first-order valence-corrected chi connectivity index (χ1v) is 14.3. The molecule has 0 aliphatic carbocycles. The molecule has 3 atom stereocenters. The summed E-state index contributed by atoms with van der Waals surface area (Å²) in [5, 5.41) is 4.73. The van der Waals surface area contributed by atoms with E-state index in [-0.39, 0.29) is 23.9 Å². The molecule has 218 valence electrons. The Bertz CT molecular complexity index is 1740. The molecular formula is C32H36N6O4. The molecule has 0 bridgehead atoms. The van der Waals surface area contributed by atoms with E-state index in [0.717, 1.165) is 68.5 Å². The van der Waals surface area contributed by atoms with Crippen LogP contribution in [-0.2, 0) is 16.1 Å². The Balaban J connectivity index is 1.37. The largest absolute Gasteiger partial charge is 0.488 e. The highest BCUT2D eigenvalue weighted by molar-refractivity contribution is 6.07. The van der Waals surface area contributed by atoms with Crippen LogP contribution in [-0.4, -0.2) is 46.1 Å². The Morgan fingerprint density at radius 2 is 1.98 bits per heavy atom. The average molecular weight is 569 g/mol. The summed E-state index contributed by atoms with van der Waals surface area (Å²) in [7, 11) is 1.30. The maximum Gasteiger partial charge on any atom is 0.407 e. The smallest absolute Gasteiger partial charge is 0.407 e. The fourth-order valence-electron chi connectivity index (χ4n) is 6.22. The van der Waals surface area contributed by atoms with Gasteiger partial charge < -0.3 is 36.1 Å². The molecule has 1 fully saturated rings. The number of hydrogen-bond acceptors (Lipinski definition) is 7. The third-order valence-corrected chi connectivity index (χ3v) is 8.51. The molecule has 42 heavy (non-hydrogen) atoms. The number of methoxy groups -OCH3 is 1. The summed E-state index contributed by atoms with van der Waals surface area (Å²) in [6.45, 7) is 6.29. The van der Waals surface area contributed by atoms with E-state index in [2.05, 4.69) is 34.6 Å². The van der Waals surface area contributed by atoms with Crippen molar-refractivity contribution in [3.8, 4) is 16.9 Å². The van der Waals surface area contributed by atoms with Gasteiger partial charge in [0, 0.05) is 23.2 Å². The zero-order valence-electron chi connectivity index (χ0n) is 24.2. The van der Waals surface area contributed by atoms with Crippen molar-refractivity contribution in [3.63, 3.8) is 0 Å². The van der Waals surface area contributed by atoms with Gasteiger partial charge in [-0.05, 0) is 72.0 Å². The summed E-state index contributed by atoms with van der Waals surface area (Å²) in [6, 6.07) is 13.4. The first-order chi connectivity index (χ1) is 20.2. The number of aromatic amines is 1. The predicted molar refractivity (Wildman–Crippen MR) is 162 cm³/mol. The Hall–Kier alpha value is -4.73. The van der Waals surface area contributed by atoms with Crippen molar-refractivity contribution < 1.29 is 19.1 Å². The Morgan fingerprint density at radius 3 is 2.71 bits per heavy atom. The van der Waals surface area contributed by atoms with Crippen LogP contribution in [0.5, 0.6) is 5.75 Å². The molecule has 6 N–H and O–H groups in total. The number of amides is 2. The van der Waals surface area contributed by atoms with Gasteiger partial charge in [0.05, 0.1) is 29.9 Å². The topological polar surface area (TPSA) is 149 Å². The Morgan fingerprint density at radius 1 is 1.17 bits per heavy atom. The lowest BCUT2D eigenvalue weighted by atomic mass is 9.92. The van der Waals surface area contributed by atoms with E-state index in [1.165, 1.54) is 13.3 Å². The number of benzene rings is 3. The molecule has 1 aromatic heterocycles. The number of nitrogens with two attached hydrogens (primary N) is 2. The van der Waals surface area contributed by atoms with Crippen LogP contribution in [0.4, 0.5) is 4.79 Å². The molecule has 0 saturated carbocycles. The summed E-state index contributed by atoms with van der Waals surface area (Å²) in [6.07, 6.45) is 2.40. The van der Waals surface area contributed by atoms with Crippen molar-refractivity contribution >= 4 is 39.5 Å². The number of alkyl carbamates (subject to hydrolysis) is 1. The van der Waals surface area contributed by atoms with Gasteiger partial charge in [0.2, 0.25) is 5.91 Å². The first kappa shape index (κ1) is 27.4. The van der Waals surface area contributed by atoms with Gasteiger partial charge >= 0.3 is 6.09 Å². The standard InChI is InChI=1S/C32H36N6O4/c1-16(2)28(37-32(40)41-4)31(39)38-17(3)5-10-26(38)30-35-25-9-7-18-12-23-21-8-6-19(24(34)14-33)11-20(21)15-42-27(23)13-22(18)29(25)36-30/h6-9,11-14,16-17,26,28H,5,10,15,33-34H2,1-4H3,(H,35,36)(H,37,40)/b24-14-/t17-,26-,28-/m0/s1. The van der Waals surface area contributed by atoms with E-state index >= 15 is 0 Å². The minimum Gasteiger partial charge on any atom is -0.488 e. The SMILES string of the molecule is COC(=O)N[C@H](C(=O)N1[C@@H](C)CC[C@H]1c1nc2c(ccc3cc4c(cc32)OCc2cc(/C(N)=C/N)ccc2-4)[nH]1)C(C)C. The van der Waals surface area contributed by atoms with Gasteiger partial charge in [-0.3, -0.25) is 4.79 Å². The van der Waals surface area contributed by atoms with E-state index in [0.29, 0.717) is 12.3 Å². The minimum atomic E-state index is -0.698. The molecule has 2 aliphatic heterocycles. The fraction of sp³-hybridized carbons (Fsp3) is 0.344. The van der Waals surface area contributed by atoms with Gasteiger partial charge in [0.25, 0.3) is 0 Å². The number of fused-ring (bicyclic) bond motifs is 6. The number of aromatic nitrogens is 2. The molecular weight excluding hydrogens is 532 g/mol. The second-order valence-electron chi connectivity index (χ2n) is 11.5. The van der Waals surface area contributed by atoms with E-state index in [1.54, 1.807) is 0 Å². The minimum absolute atomic E-state index is 0.00449. The van der Waals surface area contributed by atoms with Crippen LogP contribution in [0, 0.1) is 5.92 Å². The number of carbonyl (C=O) groups excluding carboxylic acids is 2. The zero-order valence-corrected chi connectivity index (χ0v) is 24.2. The van der Waals surface area contributed by atoms with Crippen molar-refractivity contribution in [2.75, 3.05) is 7.11 Å². The number of nitrogens with one attached hydrogen (secondary N) is 2. The molecule has 0 spiro atoms. The van der Waals surface area contributed by atoms with Gasteiger partial charge in [-0.2, -0.15) is 0 Å². The lowest BCUT2D eigenvalue weighted by Crippen LogP contribution is -2.52. The Labute approximate surface area is 244 Å². The second kappa shape index (κ2) is 10.6. The molecule has 6 rings (SSSR count). The lowest BCUT2D eigenvalue weighted by Gasteiger charge is -2.32. The van der Waals surface area contributed by atoms with Crippen LogP contribution in [0.1, 0.15) is 56.6 Å². The fourth-order valence-corrected chi connectivity index (χ4v) is 6.22. The lowest BCUT2D eigenvalue weighted by molar-refractivity contribution is -0.137. The maximum atomic E-state index is 13.8. The first-order valence-electron chi connectivity index (χ1n) is 14.3. The predicted octanol–water partition coefficient (Wildman–Crippen LogP) is 4.92.